The normalized spacial score (nSPS) is 11.8. The first-order chi connectivity index (χ1) is 15.1. The number of thioether (sulfide) groups is 1. The van der Waals surface area contributed by atoms with Crippen LogP contribution < -0.4 is 9.47 Å². The number of aryl methyl sites for hydroxylation is 1. The lowest BCUT2D eigenvalue weighted by molar-refractivity contribution is -0.140. The van der Waals surface area contributed by atoms with Crippen molar-refractivity contribution in [3.05, 3.63) is 47.0 Å². The van der Waals surface area contributed by atoms with Gasteiger partial charge in [-0.2, -0.15) is 0 Å². The van der Waals surface area contributed by atoms with Crippen molar-refractivity contribution in [2.45, 2.75) is 32.7 Å². The fourth-order valence-corrected chi connectivity index (χ4v) is 4.81. The van der Waals surface area contributed by atoms with Crippen molar-refractivity contribution in [1.29, 1.82) is 0 Å². The molecule has 1 atom stereocenters. The number of nitrogens with zero attached hydrogens (tertiary/aromatic N) is 1. The lowest BCUT2D eigenvalue weighted by Crippen LogP contribution is -2.18. The van der Waals surface area contributed by atoms with Crippen LogP contribution in [0.3, 0.4) is 0 Å². The number of thiophene rings is 1. The van der Waals surface area contributed by atoms with Gasteiger partial charge in [-0.25, -0.2) is 4.98 Å². The van der Waals surface area contributed by atoms with Crippen molar-refractivity contribution in [2.75, 3.05) is 6.26 Å². The van der Waals surface area contributed by atoms with Crippen LogP contribution in [0.4, 0.5) is 0 Å². The smallest absolute Gasteiger partial charge is 0.313 e. The first-order valence-corrected chi connectivity index (χ1v) is 13.1. The van der Waals surface area contributed by atoms with Crippen molar-refractivity contribution in [2.24, 2.45) is 18.1 Å². The summed E-state index contributed by atoms with van der Waals surface area (Å²) in [5.41, 5.74) is 0.617. The van der Waals surface area contributed by atoms with Crippen molar-refractivity contribution < 1.29 is 23.9 Å². The van der Waals surface area contributed by atoms with E-state index in [-0.39, 0.29) is 39.6 Å². The second-order valence-corrected chi connectivity index (χ2v) is 10.6. The van der Waals surface area contributed by atoms with E-state index in [0.717, 1.165) is 15.1 Å². The summed E-state index contributed by atoms with van der Waals surface area (Å²) >= 11 is 1.49. The Labute approximate surface area is 194 Å². The maximum Gasteiger partial charge on any atom is 0.313 e. The molecule has 3 rings (SSSR count). The van der Waals surface area contributed by atoms with Gasteiger partial charge >= 0.3 is 11.9 Å². The average Bonchev–Trinajstić information content (AvgIpc) is 3.14. The largest absolute Gasteiger partial charge is 0.422 e. The Morgan fingerprint density at radius 1 is 0.938 bits per heavy atom. The van der Waals surface area contributed by atoms with Crippen LogP contribution in [0.5, 0.6) is 11.5 Å². The van der Waals surface area contributed by atoms with E-state index in [9.17, 15) is 14.4 Å². The molecule has 0 spiro atoms. The van der Waals surface area contributed by atoms with Crippen molar-refractivity contribution in [3.8, 4) is 11.5 Å². The molecule has 0 fully saturated rings. The van der Waals surface area contributed by atoms with E-state index in [1.807, 2.05) is 18.4 Å². The van der Waals surface area contributed by atoms with Crippen LogP contribution >= 0.6 is 22.2 Å². The highest BCUT2D eigenvalue weighted by Crippen LogP contribution is 2.36. The molecule has 8 heteroatoms. The summed E-state index contributed by atoms with van der Waals surface area (Å²) < 4.78 is 11.9. The highest BCUT2D eigenvalue weighted by atomic mass is 32.2. The van der Waals surface area contributed by atoms with Crippen LogP contribution in [-0.2, 0) is 15.8 Å². The zero-order valence-electron chi connectivity index (χ0n) is 18.9. The molecule has 0 radical (unpaired) electrons. The van der Waals surface area contributed by atoms with Crippen LogP contribution in [0.1, 0.15) is 43.7 Å². The molecule has 0 saturated heterocycles. The van der Waals surface area contributed by atoms with Gasteiger partial charge in [0, 0.05) is 17.7 Å². The molecule has 32 heavy (non-hydrogen) atoms. The average molecular weight is 473 g/mol. The van der Waals surface area contributed by atoms with Crippen molar-refractivity contribution >= 4 is 50.0 Å². The summed E-state index contributed by atoms with van der Waals surface area (Å²) in [6, 6.07) is 8.34. The van der Waals surface area contributed by atoms with Crippen LogP contribution in [-0.4, -0.2) is 29.0 Å². The number of hydrogen-bond acceptors (Lipinski definition) is 7. The number of benzene rings is 1. The molecule has 0 aliphatic carbocycles. The molecule has 2 aromatic heterocycles. The SMILES string of the molecule is CSc1nc(C(=O)c2ccc(OC(=O)C(C)C)c(OC(=O)C(C)C)c2)cc2c1cc[s+]2C. The number of ether oxygens (including phenoxy) is 2. The molecule has 0 bridgehead atoms. The second-order valence-electron chi connectivity index (χ2n) is 7.93. The second kappa shape index (κ2) is 9.83. The molecule has 1 aromatic carbocycles. The van der Waals surface area contributed by atoms with Crippen molar-refractivity contribution in [1.82, 2.24) is 4.98 Å². The van der Waals surface area contributed by atoms with Crippen LogP contribution in [0.2, 0.25) is 0 Å². The highest BCUT2D eigenvalue weighted by molar-refractivity contribution is 7.98. The van der Waals surface area contributed by atoms with Gasteiger partial charge in [-0.15, -0.1) is 11.8 Å². The Hall–Kier alpha value is -2.71. The number of carbonyl (C=O) groups is 3. The first kappa shape index (κ1) is 23.9. The van der Waals surface area contributed by atoms with Gasteiger partial charge in [-0.1, -0.05) is 27.7 Å². The van der Waals surface area contributed by atoms with Gasteiger partial charge in [0.25, 0.3) is 0 Å². The number of aromatic nitrogens is 1. The van der Waals surface area contributed by atoms with Gasteiger partial charge in [0.1, 0.15) is 22.4 Å². The Balaban J connectivity index is 2.04. The van der Waals surface area contributed by atoms with E-state index < -0.39 is 11.9 Å². The minimum absolute atomic E-state index is 0.0340. The lowest BCUT2D eigenvalue weighted by atomic mass is 10.1. The van der Waals surface area contributed by atoms with E-state index in [4.69, 9.17) is 9.47 Å². The molecule has 168 valence electrons. The van der Waals surface area contributed by atoms with E-state index in [0.29, 0.717) is 11.3 Å². The van der Waals surface area contributed by atoms with E-state index >= 15 is 0 Å². The van der Waals surface area contributed by atoms with Gasteiger partial charge in [0.2, 0.25) is 5.78 Å². The van der Waals surface area contributed by atoms with Crippen molar-refractivity contribution in [3.63, 3.8) is 0 Å². The molecular formula is C24H26NO5S2+. The molecule has 0 N–H and O–H groups in total. The van der Waals surface area contributed by atoms with Gasteiger partial charge in [0.15, 0.2) is 16.2 Å². The number of carbonyl (C=O) groups excluding carboxylic acids is 3. The number of hydrogen-bond donors (Lipinski definition) is 0. The van der Waals surface area contributed by atoms with E-state index in [1.54, 1.807) is 33.8 Å². The van der Waals surface area contributed by atoms with Crippen LogP contribution in [0, 0.1) is 11.8 Å². The number of ketones is 1. The zero-order valence-corrected chi connectivity index (χ0v) is 20.6. The number of pyridine rings is 1. The fourth-order valence-electron chi connectivity index (χ4n) is 2.86. The van der Waals surface area contributed by atoms with Crippen LogP contribution in [0.15, 0.2) is 40.7 Å². The standard InChI is InChI=1S/C24H26NO5S2/c1-13(2)23(27)29-18-8-7-15(11-19(18)30-24(28)14(3)4)21(26)17-12-20-16(9-10-32(20)6)22(25-17)31-5/h7-14H,1-6H3/q+1. The fraction of sp³-hybridized carbons (Fsp3) is 0.333. The Morgan fingerprint density at radius 2 is 1.56 bits per heavy atom. The molecule has 2 heterocycles. The minimum atomic E-state index is -0.488. The molecule has 0 saturated carbocycles. The molecule has 0 aliphatic rings. The number of esters is 2. The Bertz CT molecular complexity index is 1200. The topological polar surface area (TPSA) is 82.6 Å². The van der Waals surface area contributed by atoms with Gasteiger partial charge < -0.3 is 9.47 Å². The predicted octanol–water partition coefficient (Wildman–Crippen LogP) is 5.60. The Kier molecular flexibility index (Phi) is 7.36. The minimum Gasteiger partial charge on any atom is -0.422 e. The maximum absolute atomic E-state index is 13.3. The monoisotopic (exact) mass is 472 g/mol. The molecule has 0 amide bonds. The molecule has 3 aromatic rings. The van der Waals surface area contributed by atoms with Gasteiger partial charge in [-0.05, 0) is 34.9 Å². The molecule has 1 unspecified atom stereocenters. The summed E-state index contributed by atoms with van der Waals surface area (Å²) in [7, 11) is -0.0883. The summed E-state index contributed by atoms with van der Waals surface area (Å²) in [6.07, 6.45) is 4.03. The first-order valence-electron chi connectivity index (χ1n) is 10.2. The lowest BCUT2D eigenvalue weighted by Gasteiger charge is -2.14. The van der Waals surface area contributed by atoms with Gasteiger partial charge in [0.05, 0.1) is 17.2 Å². The molecule has 6 nitrogen and oxygen atoms in total. The third kappa shape index (κ3) is 5.02. The van der Waals surface area contributed by atoms with Gasteiger partial charge in [-0.3, -0.25) is 14.4 Å². The summed E-state index contributed by atoms with van der Waals surface area (Å²) in [4.78, 5) is 42.2. The molecule has 0 aliphatic heterocycles. The quantitative estimate of drug-likeness (QED) is 0.146. The summed E-state index contributed by atoms with van der Waals surface area (Å²) in [6.45, 7) is 6.82. The Morgan fingerprint density at radius 3 is 2.16 bits per heavy atom. The summed E-state index contributed by atoms with van der Waals surface area (Å²) in [5, 5.41) is 3.97. The third-order valence-electron chi connectivity index (χ3n) is 4.77. The van der Waals surface area contributed by atoms with Crippen LogP contribution in [0.25, 0.3) is 10.1 Å². The van der Waals surface area contributed by atoms with E-state index in [2.05, 4.69) is 16.6 Å². The molecular weight excluding hydrogens is 446 g/mol. The highest BCUT2D eigenvalue weighted by Gasteiger charge is 2.23. The third-order valence-corrected chi connectivity index (χ3v) is 7.04. The summed E-state index contributed by atoms with van der Waals surface area (Å²) in [5.74, 6) is -1.86. The zero-order chi connectivity index (χ0) is 23.6. The maximum atomic E-state index is 13.3. The number of fused-ring (bicyclic) bond motifs is 1. The number of rotatable bonds is 7. The van der Waals surface area contributed by atoms with E-state index in [1.165, 1.54) is 23.9 Å². The predicted molar refractivity (Wildman–Crippen MR) is 128 cm³/mol.